The Hall–Kier alpha value is -3.09. The minimum atomic E-state index is -0.566. The highest BCUT2D eigenvalue weighted by Crippen LogP contribution is 2.18. The van der Waals surface area contributed by atoms with Crippen LogP contribution in [-0.4, -0.2) is 61.0 Å². The molecule has 28 heavy (non-hydrogen) atoms. The molecule has 2 amide bonds. The molecule has 1 aromatic carbocycles. The molecule has 7 heteroatoms. The van der Waals surface area contributed by atoms with E-state index in [1.165, 1.54) is 0 Å². The van der Waals surface area contributed by atoms with Gasteiger partial charge in [-0.3, -0.25) is 9.59 Å². The predicted octanol–water partition coefficient (Wildman–Crippen LogP) is 1.49. The Balaban J connectivity index is 1.50. The summed E-state index contributed by atoms with van der Waals surface area (Å²) in [5.41, 5.74) is 0.797. The first-order valence-corrected chi connectivity index (χ1v) is 9.44. The number of carbonyl (C=O) groups is 2. The highest BCUT2D eigenvalue weighted by atomic mass is 16.5. The first kappa shape index (κ1) is 19.7. The van der Waals surface area contributed by atoms with Crippen LogP contribution < -0.4 is 15.0 Å². The highest BCUT2D eigenvalue weighted by molar-refractivity contribution is 5.88. The average Bonchev–Trinajstić information content (AvgIpc) is 2.74. The molecule has 2 aromatic rings. The van der Waals surface area contributed by atoms with Crippen LogP contribution >= 0.6 is 0 Å². The molecule has 0 bridgehead atoms. The fourth-order valence-electron chi connectivity index (χ4n) is 3.35. The molecule has 1 aliphatic rings. The maximum absolute atomic E-state index is 12.7. The van der Waals surface area contributed by atoms with Crippen LogP contribution in [0.3, 0.4) is 0 Å². The van der Waals surface area contributed by atoms with Gasteiger partial charge in [-0.1, -0.05) is 24.3 Å². The number of benzene rings is 1. The number of para-hydroxylation sites is 1. The molecular formula is C21H26N4O3. The van der Waals surface area contributed by atoms with E-state index >= 15 is 0 Å². The quantitative estimate of drug-likeness (QED) is 0.819. The number of anilines is 1. The van der Waals surface area contributed by atoms with Crippen molar-refractivity contribution < 1.29 is 14.3 Å². The molecule has 2 heterocycles. The maximum Gasteiger partial charge on any atom is 0.244 e. The SMILES string of the molecule is COc1ccccc1CC(=O)N[C@@H](C)C(=O)N1CCN(c2ccccn2)CC1. The topological polar surface area (TPSA) is 74.8 Å². The normalized spacial score (nSPS) is 15.1. The second-order valence-corrected chi connectivity index (χ2v) is 6.78. The Kier molecular flexibility index (Phi) is 6.47. The molecule has 0 unspecified atom stereocenters. The summed E-state index contributed by atoms with van der Waals surface area (Å²) in [6, 6.07) is 12.6. The number of piperazine rings is 1. The smallest absolute Gasteiger partial charge is 0.244 e. The number of nitrogens with one attached hydrogen (secondary N) is 1. The number of rotatable bonds is 6. The fourth-order valence-corrected chi connectivity index (χ4v) is 3.35. The number of hydrogen-bond donors (Lipinski definition) is 1. The van der Waals surface area contributed by atoms with Gasteiger partial charge in [-0.15, -0.1) is 0 Å². The van der Waals surface area contributed by atoms with E-state index < -0.39 is 6.04 Å². The molecule has 1 fully saturated rings. The summed E-state index contributed by atoms with van der Waals surface area (Å²) in [4.78, 5) is 33.4. The van der Waals surface area contributed by atoms with E-state index in [2.05, 4.69) is 15.2 Å². The first-order chi connectivity index (χ1) is 13.6. The third-order valence-electron chi connectivity index (χ3n) is 4.86. The maximum atomic E-state index is 12.7. The summed E-state index contributed by atoms with van der Waals surface area (Å²) in [7, 11) is 1.58. The summed E-state index contributed by atoms with van der Waals surface area (Å²) in [6.07, 6.45) is 1.95. The monoisotopic (exact) mass is 382 g/mol. The van der Waals surface area contributed by atoms with Gasteiger partial charge in [0.05, 0.1) is 13.5 Å². The van der Waals surface area contributed by atoms with Gasteiger partial charge in [-0.05, 0) is 25.1 Å². The van der Waals surface area contributed by atoms with Gasteiger partial charge in [0.15, 0.2) is 0 Å². The van der Waals surface area contributed by atoms with E-state index in [-0.39, 0.29) is 18.2 Å². The largest absolute Gasteiger partial charge is 0.496 e. The summed E-state index contributed by atoms with van der Waals surface area (Å²) in [5.74, 6) is 1.33. The number of pyridine rings is 1. The van der Waals surface area contributed by atoms with E-state index in [4.69, 9.17) is 4.74 Å². The third kappa shape index (κ3) is 4.79. The van der Waals surface area contributed by atoms with Crippen LogP contribution in [0.25, 0.3) is 0 Å². The zero-order valence-electron chi connectivity index (χ0n) is 16.3. The molecular weight excluding hydrogens is 356 g/mol. The minimum absolute atomic E-state index is 0.0611. The van der Waals surface area contributed by atoms with Gasteiger partial charge in [0.1, 0.15) is 17.6 Å². The molecule has 0 aliphatic carbocycles. The number of nitrogens with zero attached hydrogens (tertiary/aromatic N) is 3. The number of ether oxygens (including phenoxy) is 1. The van der Waals surface area contributed by atoms with Crippen molar-refractivity contribution in [1.29, 1.82) is 0 Å². The van der Waals surface area contributed by atoms with E-state index in [9.17, 15) is 9.59 Å². The number of methoxy groups -OCH3 is 1. The summed E-state index contributed by atoms with van der Waals surface area (Å²) in [6.45, 7) is 4.41. The molecule has 148 valence electrons. The molecule has 3 rings (SSSR count). The molecule has 1 N–H and O–H groups in total. The highest BCUT2D eigenvalue weighted by Gasteiger charge is 2.26. The van der Waals surface area contributed by atoms with E-state index in [1.54, 1.807) is 25.1 Å². The van der Waals surface area contributed by atoms with Crippen molar-refractivity contribution in [2.75, 3.05) is 38.2 Å². The van der Waals surface area contributed by atoms with Crippen molar-refractivity contribution in [1.82, 2.24) is 15.2 Å². The Labute approximate surface area is 165 Å². The van der Waals surface area contributed by atoms with Crippen molar-refractivity contribution in [3.05, 3.63) is 54.2 Å². The molecule has 1 aliphatic heterocycles. The Morgan fingerprint density at radius 3 is 2.50 bits per heavy atom. The lowest BCUT2D eigenvalue weighted by Crippen LogP contribution is -2.54. The van der Waals surface area contributed by atoms with Crippen molar-refractivity contribution in [3.8, 4) is 5.75 Å². The summed E-state index contributed by atoms with van der Waals surface area (Å²) < 4.78 is 5.28. The van der Waals surface area contributed by atoms with Crippen molar-refractivity contribution in [3.63, 3.8) is 0 Å². The van der Waals surface area contributed by atoms with Gasteiger partial charge in [0, 0.05) is 37.9 Å². The standard InChI is InChI=1S/C21H26N4O3/c1-16(23-20(26)15-17-7-3-4-8-18(17)28-2)21(27)25-13-11-24(12-14-25)19-9-5-6-10-22-19/h3-10,16H,11-15H2,1-2H3,(H,23,26)/t16-/m0/s1. The molecule has 1 saturated heterocycles. The molecule has 1 atom stereocenters. The lowest BCUT2D eigenvalue weighted by atomic mass is 10.1. The van der Waals surface area contributed by atoms with E-state index in [1.807, 2.05) is 42.5 Å². The van der Waals surface area contributed by atoms with E-state index in [0.29, 0.717) is 18.8 Å². The summed E-state index contributed by atoms with van der Waals surface area (Å²) >= 11 is 0. The van der Waals surface area contributed by atoms with Gasteiger partial charge in [-0.25, -0.2) is 4.98 Å². The Morgan fingerprint density at radius 2 is 1.82 bits per heavy atom. The molecule has 1 aromatic heterocycles. The summed E-state index contributed by atoms with van der Waals surface area (Å²) in [5, 5.41) is 2.81. The zero-order chi connectivity index (χ0) is 19.9. The number of amides is 2. The molecule has 0 spiro atoms. The lowest BCUT2D eigenvalue weighted by Gasteiger charge is -2.36. The van der Waals surface area contributed by atoms with Crippen molar-refractivity contribution >= 4 is 17.6 Å². The third-order valence-corrected chi connectivity index (χ3v) is 4.86. The second kappa shape index (κ2) is 9.21. The predicted molar refractivity (Wildman–Crippen MR) is 107 cm³/mol. The number of carbonyl (C=O) groups excluding carboxylic acids is 2. The Morgan fingerprint density at radius 1 is 1.11 bits per heavy atom. The van der Waals surface area contributed by atoms with Crippen LogP contribution in [0.2, 0.25) is 0 Å². The minimum Gasteiger partial charge on any atom is -0.496 e. The van der Waals surface area contributed by atoms with Crippen molar-refractivity contribution in [2.24, 2.45) is 0 Å². The van der Waals surface area contributed by atoms with Crippen LogP contribution in [0.5, 0.6) is 5.75 Å². The van der Waals surface area contributed by atoms with E-state index in [0.717, 1.165) is 24.5 Å². The number of hydrogen-bond acceptors (Lipinski definition) is 5. The number of aromatic nitrogens is 1. The average molecular weight is 382 g/mol. The van der Waals surface area contributed by atoms with Crippen LogP contribution in [0.4, 0.5) is 5.82 Å². The van der Waals surface area contributed by atoms with Crippen molar-refractivity contribution in [2.45, 2.75) is 19.4 Å². The lowest BCUT2D eigenvalue weighted by molar-refractivity contribution is -0.136. The fraction of sp³-hybridized carbons (Fsp3) is 0.381. The molecule has 7 nitrogen and oxygen atoms in total. The Bertz CT molecular complexity index is 804. The van der Waals surface area contributed by atoms with Crippen LogP contribution in [0.1, 0.15) is 12.5 Å². The first-order valence-electron chi connectivity index (χ1n) is 9.44. The second-order valence-electron chi connectivity index (χ2n) is 6.78. The van der Waals surface area contributed by atoms with Crippen LogP contribution in [-0.2, 0) is 16.0 Å². The van der Waals surface area contributed by atoms with Crippen LogP contribution in [0, 0.1) is 0 Å². The molecule has 0 radical (unpaired) electrons. The zero-order valence-corrected chi connectivity index (χ0v) is 16.3. The van der Waals surface area contributed by atoms with Crippen LogP contribution in [0.15, 0.2) is 48.7 Å². The van der Waals surface area contributed by atoms with Gasteiger partial charge >= 0.3 is 0 Å². The van der Waals surface area contributed by atoms with Gasteiger partial charge in [0.2, 0.25) is 11.8 Å². The van der Waals surface area contributed by atoms with Gasteiger partial charge in [0.25, 0.3) is 0 Å². The van der Waals surface area contributed by atoms with Gasteiger partial charge in [-0.2, -0.15) is 0 Å². The van der Waals surface area contributed by atoms with Gasteiger partial charge < -0.3 is 19.9 Å². The molecule has 0 saturated carbocycles.